The van der Waals surface area contributed by atoms with Gasteiger partial charge in [-0.25, -0.2) is 0 Å². The fourth-order valence-corrected chi connectivity index (χ4v) is 2.51. The Bertz CT molecular complexity index is 548. The lowest BCUT2D eigenvalue weighted by molar-refractivity contribution is 0.335. The van der Waals surface area contributed by atoms with Crippen molar-refractivity contribution in [2.45, 2.75) is 26.4 Å². The van der Waals surface area contributed by atoms with Gasteiger partial charge in [0.2, 0.25) is 0 Å². The molecule has 0 radical (unpaired) electrons. The van der Waals surface area contributed by atoms with E-state index in [0.29, 0.717) is 12.6 Å². The van der Waals surface area contributed by atoms with E-state index in [4.69, 9.17) is 4.74 Å². The Labute approximate surface area is 141 Å². The Hall–Kier alpha value is -1.03. The fourth-order valence-electron chi connectivity index (χ4n) is 2.11. The second kappa shape index (κ2) is 9.08. The van der Waals surface area contributed by atoms with Gasteiger partial charge in [0.25, 0.3) is 0 Å². The van der Waals surface area contributed by atoms with Crippen LogP contribution in [0.25, 0.3) is 0 Å². The predicted molar refractivity (Wildman–Crippen MR) is 94.3 cm³/mol. The minimum absolute atomic E-state index is 0. The summed E-state index contributed by atoms with van der Waals surface area (Å²) in [6, 6.07) is 16.9. The summed E-state index contributed by atoms with van der Waals surface area (Å²) in [4.78, 5) is 0. The van der Waals surface area contributed by atoms with Crippen molar-refractivity contribution in [2.75, 3.05) is 6.61 Å². The van der Waals surface area contributed by atoms with E-state index in [9.17, 15) is 0 Å². The van der Waals surface area contributed by atoms with Gasteiger partial charge in [-0.15, -0.1) is 12.4 Å². The predicted octanol–water partition coefficient (Wildman–Crippen LogP) is 5.12. The van der Waals surface area contributed by atoms with Gasteiger partial charge in [0.05, 0.1) is 6.61 Å². The molecule has 114 valence electrons. The lowest BCUT2D eigenvalue weighted by Crippen LogP contribution is -2.18. The second-order valence-electron chi connectivity index (χ2n) is 4.70. The smallest absolute Gasteiger partial charge is 0.123 e. The highest BCUT2D eigenvalue weighted by atomic mass is 79.9. The molecule has 1 atom stereocenters. The van der Waals surface area contributed by atoms with Gasteiger partial charge in [-0.1, -0.05) is 46.3 Å². The van der Waals surface area contributed by atoms with Crippen LogP contribution in [0.5, 0.6) is 5.75 Å². The summed E-state index contributed by atoms with van der Waals surface area (Å²) in [5.74, 6) is 0.948. The molecule has 4 heteroatoms. The Morgan fingerprint density at radius 3 is 2.52 bits per heavy atom. The molecule has 0 aliphatic heterocycles. The third-order valence-corrected chi connectivity index (χ3v) is 3.71. The topological polar surface area (TPSA) is 21.3 Å². The van der Waals surface area contributed by atoms with Crippen molar-refractivity contribution in [3.05, 3.63) is 64.1 Å². The highest BCUT2D eigenvalue weighted by molar-refractivity contribution is 9.10. The number of nitrogens with one attached hydrogen (secondary N) is 1. The summed E-state index contributed by atoms with van der Waals surface area (Å²) >= 11 is 3.52. The Balaban J connectivity index is 0.00000220. The van der Waals surface area contributed by atoms with Crippen LogP contribution in [-0.2, 0) is 6.54 Å². The molecule has 0 spiro atoms. The van der Waals surface area contributed by atoms with Crippen molar-refractivity contribution in [2.24, 2.45) is 0 Å². The maximum atomic E-state index is 5.67. The first-order valence-corrected chi connectivity index (χ1v) is 7.69. The average molecular weight is 371 g/mol. The molecule has 1 unspecified atom stereocenters. The first-order valence-electron chi connectivity index (χ1n) is 6.90. The van der Waals surface area contributed by atoms with E-state index >= 15 is 0 Å². The van der Waals surface area contributed by atoms with Crippen LogP contribution in [0, 0.1) is 0 Å². The third-order valence-electron chi connectivity index (χ3n) is 3.22. The van der Waals surface area contributed by atoms with Crippen molar-refractivity contribution < 1.29 is 4.74 Å². The Morgan fingerprint density at radius 1 is 1.14 bits per heavy atom. The zero-order valence-electron chi connectivity index (χ0n) is 12.3. The van der Waals surface area contributed by atoms with Crippen LogP contribution in [-0.4, -0.2) is 6.61 Å². The molecule has 2 aromatic carbocycles. The maximum absolute atomic E-state index is 5.67. The summed E-state index contributed by atoms with van der Waals surface area (Å²) in [6.45, 7) is 5.65. The van der Waals surface area contributed by atoms with E-state index in [2.05, 4.69) is 58.5 Å². The molecule has 0 saturated heterocycles. The van der Waals surface area contributed by atoms with Crippen molar-refractivity contribution in [3.63, 3.8) is 0 Å². The molecule has 0 aliphatic carbocycles. The van der Waals surface area contributed by atoms with Crippen LogP contribution < -0.4 is 10.1 Å². The van der Waals surface area contributed by atoms with Crippen molar-refractivity contribution in [3.8, 4) is 5.75 Å². The van der Waals surface area contributed by atoms with Crippen molar-refractivity contribution in [1.82, 2.24) is 5.32 Å². The molecular weight excluding hydrogens is 350 g/mol. The zero-order valence-corrected chi connectivity index (χ0v) is 14.7. The molecule has 2 nitrogen and oxygen atoms in total. The summed E-state index contributed by atoms with van der Waals surface area (Å²) in [7, 11) is 0. The van der Waals surface area contributed by atoms with Crippen LogP contribution in [0.15, 0.2) is 53.0 Å². The minimum Gasteiger partial charge on any atom is -0.494 e. The van der Waals surface area contributed by atoms with Gasteiger partial charge in [-0.05, 0) is 37.6 Å². The number of halogens is 2. The molecule has 21 heavy (non-hydrogen) atoms. The summed E-state index contributed by atoms with van der Waals surface area (Å²) in [5, 5.41) is 3.54. The lowest BCUT2D eigenvalue weighted by atomic mass is 10.1. The largest absolute Gasteiger partial charge is 0.494 e. The highest BCUT2D eigenvalue weighted by Gasteiger charge is 2.08. The average Bonchev–Trinajstić information content (AvgIpc) is 2.48. The van der Waals surface area contributed by atoms with E-state index in [1.165, 1.54) is 11.1 Å². The number of rotatable bonds is 6. The molecule has 0 aliphatic rings. The molecule has 0 bridgehead atoms. The van der Waals surface area contributed by atoms with Crippen molar-refractivity contribution >= 4 is 28.3 Å². The van der Waals surface area contributed by atoms with E-state index < -0.39 is 0 Å². The number of ether oxygens (including phenoxy) is 1. The van der Waals surface area contributed by atoms with Gasteiger partial charge in [0, 0.05) is 22.6 Å². The molecule has 2 rings (SSSR count). The van der Waals surface area contributed by atoms with Gasteiger partial charge in [-0.2, -0.15) is 0 Å². The van der Waals surface area contributed by atoms with E-state index in [-0.39, 0.29) is 12.4 Å². The van der Waals surface area contributed by atoms with Crippen LogP contribution >= 0.6 is 28.3 Å². The standard InChI is InChI=1S/C17H20BrNO.ClH/c1-3-20-17-10-9-16(18)11-15(17)12-19-13(2)14-7-5-4-6-8-14;/h4-11,13,19H,3,12H2,1-2H3;1H. The van der Waals surface area contributed by atoms with E-state index in [1.54, 1.807) is 0 Å². The van der Waals surface area contributed by atoms with Crippen molar-refractivity contribution in [1.29, 1.82) is 0 Å². The number of benzene rings is 2. The molecule has 0 amide bonds. The first-order chi connectivity index (χ1) is 9.70. The minimum atomic E-state index is 0. The normalized spacial score (nSPS) is 11.6. The molecule has 0 aromatic heterocycles. The lowest BCUT2D eigenvalue weighted by Gasteiger charge is -2.16. The van der Waals surface area contributed by atoms with E-state index in [0.717, 1.165) is 16.8 Å². The molecule has 0 fully saturated rings. The third kappa shape index (κ3) is 5.34. The molecule has 0 saturated carbocycles. The van der Waals surface area contributed by atoms with Crippen LogP contribution in [0.4, 0.5) is 0 Å². The maximum Gasteiger partial charge on any atom is 0.123 e. The second-order valence-corrected chi connectivity index (χ2v) is 5.61. The summed E-state index contributed by atoms with van der Waals surface area (Å²) < 4.78 is 6.74. The fraction of sp³-hybridized carbons (Fsp3) is 0.294. The summed E-state index contributed by atoms with van der Waals surface area (Å²) in [5.41, 5.74) is 2.46. The Kier molecular flexibility index (Phi) is 7.79. The molecule has 2 aromatic rings. The molecule has 1 N–H and O–H groups in total. The highest BCUT2D eigenvalue weighted by Crippen LogP contribution is 2.24. The number of hydrogen-bond donors (Lipinski definition) is 1. The zero-order chi connectivity index (χ0) is 14.4. The quantitative estimate of drug-likeness (QED) is 0.762. The van der Waals surface area contributed by atoms with Gasteiger partial charge in [-0.3, -0.25) is 0 Å². The SMILES string of the molecule is CCOc1ccc(Br)cc1CNC(C)c1ccccc1.Cl. The van der Waals surface area contributed by atoms with Crippen LogP contribution in [0.2, 0.25) is 0 Å². The van der Waals surface area contributed by atoms with E-state index in [1.807, 2.05) is 25.1 Å². The van der Waals surface area contributed by atoms with Gasteiger partial charge in [0.1, 0.15) is 5.75 Å². The summed E-state index contributed by atoms with van der Waals surface area (Å²) in [6.07, 6.45) is 0. The Morgan fingerprint density at radius 2 is 1.86 bits per heavy atom. The number of hydrogen-bond acceptors (Lipinski definition) is 2. The monoisotopic (exact) mass is 369 g/mol. The first kappa shape index (κ1) is 18.0. The molecule has 0 heterocycles. The molecular formula is C17H21BrClNO. The van der Waals surface area contributed by atoms with Gasteiger partial charge < -0.3 is 10.1 Å². The van der Waals surface area contributed by atoms with Gasteiger partial charge >= 0.3 is 0 Å². The van der Waals surface area contributed by atoms with Gasteiger partial charge in [0.15, 0.2) is 0 Å². The van der Waals surface area contributed by atoms with Crippen LogP contribution in [0.3, 0.4) is 0 Å². The van der Waals surface area contributed by atoms with Crippen LogP contribution in [0.1, 0.15) is 31.0 Å².